The number of hydrazone groups is 1. The lowest BCUT2D eigenvalue weighted by Crippen LogP contribution is -2.21. The third-order valence-electron chi connectivity index (χ3n) is 3.67. The fourth-order valence-corrected chi connectivity index (χ4v) is 2.79. The Kier molecular flexibility index (Phi) is 3.94. The monoisotopic (exact) mass is 354 g/mol. The van der Waals surface area contributed by atoms with Crippen LogP contribution in [0.25, 0.3) is 5.57 Å². The van der Waals surface area contributed by atoms with E-state index in [0.29, 0.717) is 5.57 Å². The smallest absolute Gasteiger partial charge is 0.267 e. The number of anilines is 1. The number of carbonyl (C=O) groups is 1. The van der Waals surface area contributed by atoms with Gasteiger partial charge in [-0.3, -0.25) is 4.79 Å². The second-order valence-corrected chi connectivity index (χ2v) is 6.06. The molecule has 0 fully saturated rings. The molecular weight excluding hydrogens is 340 g/mol. The molecule has 1 amide bonds. The lowest BCUT2D eigenvalue weighted by atomic mass is 9.98. The number of carbonyl (C=O) groups excluding carboxylic acids is 1. The average molecular weight is 355 g/mol. The number of rotatable bonds is 2. The number of hydrogen-bond acceptors (Lipinski definition) is 2. The summed E-state index contributed by atoms with van der Waals surface area (Å²) in [6, 6.07) is 17.4. The molecule has 1 aliphatic heterocycles. The summed E-state index contributed by atoms with van der Waals surface area (Å²) in [6.45, 7) is 3.84. The topological polar surface area (TPSA) is 32.7 Å². The zero-order valence-corrected chi connectivity index (χ0v) is 14.0. The van der Waals surface area contributed by atoms with Gasteiger partial charge in [0.15, 0.2) is 0 Å². The van der Waals surface area contributed by atoms with Crippen molar-refractivity contribution in [3.63, 3.8) is 0 Å². The molecule has 2 aromatic carbocycles. The molecule has 2 aromatic rings. The fourth-order valence-electron chi connectivity index (χ4n) is 2.53. The highest BCUT2D eigenvalue weighted by atomic mass is 79.9. The molecule has 3 nitrogen and oxygen atoms in total. The molecule has 0 unspecified atom stereocenters. The highest BCUT2D eigenvalue weighted by Crippen LogP contribution is 2.29. The van der Waals surface area contributed by atoms with Gasteiger partial charge in [-0.2, -0.15) is 10.1 Å². The lowest BCUT2D eigenvalue weighted by molar-refractivity contribution is -0.114. The zero-order valence-electron chi connectivity index (χ0n) is 12.4. The molecule has 1 aliphatic rings. The Morgan fingerprint density at radius 3 is 2.32 bits per heavy atom. The molecule has 0 spiro atoms. The minimum absolute atomic E-state index is 0.0795. The van der Waals surface area contributed by atoms with E-state index in [9.17, 15) is 4.79 Å². The van der Waals surface area contributed by atoms with E-state index < -0.39 is 0 Å². The predicted molar refractivity (Wildman–Crippen MR) is 93.8 cm³/mol. The van der Waals surface area contributed by atoms with E-state index >= 15 is 0 Å². The second-order valence-electron chi connectivity index (χ2n) is 5.14. The number of para-hydroxylation sites is 1. The van der Waals surface area contributed by atoms with Crippen molar-refractivity contribution in [1.29, 1.82) is 0 Å². The highest BCUT2D eigenvalue weighted by molar-refractivity contribution is 9.10. The first kappa shape index (κ1) is 14.7. The summed E-state index contributed by atoms with van der Waals surface area (Å²) < 4.78 is 1.02. The number of benzene rings is 2. The zero-order chi connectivity index (χ0) is 15.7. The number of allylic oxidation sites excluding steroid dienone is 1. The van der Waals surface area contributed by atoms with E-state index in [2.05, 4.69) is 21.0 Å². The van der Waals surface area contributed by atoms with Crippen molar-refractivity contribution in [1.82, 2.24) is 0 Å². The largest absolute Gasteiger partial charge is 0.280 e. The van der Waals surface area contributed by atoms with Crippen LogP contribution in [-0.2, 0) is 4.79 Å². The molecule has 0 N–H and O–H groups in total. The van der Waals surface area contributed by atoms with Crippen LogP contribution >= 0.6 is 15.9 Å². The van der Waals surface area contributed by atoms with Crippen LogP contribution in [0.1, 0.15) is 19.4 Å². The summed E-state index contributed by atoms with van der Waals surface area (Å²) in [4.78, 5) is 12.7. The Morgan fingerprint density at radius 1 is 1.05 bits per heavy atom. The van der Waals surface area contributed by atoms with E-state index in [1.807, 2.05) is 68.4 Å². The number of hydrogen-bond donors (Lipinski definition) is 0. The lowest BCUT2D eigenvalue weighted by Gasteiger charge is -2.12. The van der Waals surface area contributed by atoms with Gasteiger partial charge >= 0.3 is 0 Å². The molecule has 0 saturated heterocycles. The molecule has 0 saturated carbocycles. The maximum atomic E-state index is 12.7. The normalized spacial score (nSPS) is 16.8. The van der Waals surface area contributed by atoms with Crippen molar-refractivity contribution >= 4 is 38.8 Å². The molecule has 0 aromatic heterocycles. The van der Waals surface area contributed by atoms with Crippen LogP contribution in [0.3, 0.4) is 0 Å². The van der Waals surface area contributed by atoms with Crippen molar-refractivity contribution in [2.45, 2.75) is 13.8 Å². The molecule has 110 valence electrons. The number of nitrogens with zero attached hydrogens (tertiary/aromatic N) is 2. The van der Waals surface area contributed by atoms with Crippen LogP contribution in [0.2, 0.25) is 0 Å². The third-order valence-corrected chi connectivity index (χ3v) is 4.20. The Balaban J connectivity index is 2.02. The molecule has 3 rings (SSSR count). The van der Waals surface area contributed by atoms with Gasteiger partial charge in [0.25, 0.3) is 5.91 Å². The third kappa shape index (κ3) is 2.62. The molecule has 0 aliphatic carbocycles. The van der Waals surface area contributed by atoms with Gasteiger partial charge in [0.2, 0.25) is 0 Å². The molecule has 0 radical (unpaired) electrons. The van der Waals surface area contributed by atoms with Gasteiger partial charge in [-0.1, -0.05) is 46.3 Å². The Morgan fingerprint density at radius 2 is 1.68 bits per heavy atom. The van der Waals surface area contributed by atoms with E-state index in [-0.39, 0.29) is 5.91 Å². The average Bonchev–Trinajstić information content (AvgIpc) is 2.83. The van der Waals surface area contributed by atoms with Crippen molar-refractivity contribution in [3.05, 3.63) is 70.2 Å². The number of amides is 1. The van der Waals surface area contributed by atoms with Crippen molar-refractivity contribution in [2.24, 2.45) is 5.10 Å². The predicted octanol–water partition coefficient (Wildman–Crippen LogP) is 4.65. The number of halogens is 1. The maximum absolute atomic E-state index is 12.7. The van der Waals surface area contributed by atoms with E-state index in [1.54, 1.807) is 0 Å². The Bertz CT molecular complexity index is 776. The van der Waals surface area contributed by atoms with Crippen LogP contribution in [0, 0.1) is 0 Å². The minimum atomic E-state index is -0.0795. The van der Waals surface area contributed by atoms with Crippen LogP contribution in [0.5, 0.6) is 0 Å². The summed E-state index contributed by atoms with van der Waals surface area (Å²) in [6.07, 6.45) is 0. The highest BCUT2D eigenvalue weighted by Gasteiger charge is 2.30. The maximum Gasteiger partial charge on any atom is 0.280 e. The van der Waals surface area contributed by atoms with Gasteiger partial charge in [-0.25, -0.2) is 0 Å². The summed E-state index contributed by atoms with van der Waals surface area (Å²) in [7, 11) is 0. The quantitative estimate of drug-likeness (QED) is 0.722. The van der Waals surface area contributed by atoms with Gasteiger partial charge in [0.05, 0.1) is 17.0 Å². The van der Waals surface area contributed by atoms with Crippen molar-refractivity contribution in [3.8, 4) is 0 Å². The molecule has 0 bridgehead atoms. The standard InChI is InChI=1S/C18H15BrN2O/c1-12(14-8-10-15(19)11-9-14)17-13(2)20-21(18(17)22)16-6-4-3-5-7-16/h3-11H,1-2H3. The molecule has 22 heavy (non-hydrogen) atoms. The first-order valence-electron chi connectivity index (χ1n) is 7.00. The summed E-state index contributed by atoms with van der Waals surface area (Å²) in [5.74, 6) is -0.0795. The van der Waals surface area contributed by atoms with Gasteiger partial charge in [-0.15, -0.1) is 0 Å². The van der Waals surface area contributed by atoms with E-state index in [0.717, 1.165) is 27.0 Å². The van der Waals surface area contributed by atoms with Gasteiger partial charge in [0, 0.05) is 4.47 Å². The summed E-state index contributed by atoms with van der Waals surface area (Å²) in [5, 5.41) is 5.88. The SMILES string of the molecule is CC1=NN(c2ccccc2)C(=O)C1=C(C)c1ccc(Br)cc1. The first-order chi connectivity index (χ1) is 10.6. The minimum Gasteiger partial charge on any atom is -0.267 e. The first-order valence-corrected chi connectivity index (χ1v) is 7.79. The van der Waals surface area contributed by atoms with Crippen LogP contribution < -0.4 is 5.01 Å². The molecular formula is C18H15BrN2O. The van der Waals surface area contributed by atoms with Crippen LogP contribution in [0.4, 0.5) is 5.69 Å². The fraction of sp³-hybridized carbons (Fsp3) is 0.111. The van der Waals surface area contributed by atoms with E-state index in [4.69, 9.17) is 0 Å². The van der Waals surface area contributed by atoms with Crippen molar-refractivity contribution < 1.29 is 4.79 Å². The second kappa shape index (κ2) is 5.89. The Hall–Kier alpha value is -2.20. The van der Waals surface area contributed by atoms with Gasteiger partial charge < -0.3 is 0 Å². The van der Waals surface area contributed by atoms with Crippen LogP contribution in [-0.4, -0.2) is 11.6 Å². The van der Waals surface area contributed by atoms with Crippen LogP contribution in [0.15, 0.2) is 69.7 Å². The summed E-state index contributed by atoms with van der Waals surface area (Å²) >= 11 is 3.43. The van der Waals surface area contributed by atoms with Gasteiger partial charge in [-0.05, 0) is 49.2 Å². The summed E-state index contributed by atoms with van der Waals surface area (Å²) in [5.41, 5.74) is 4.17. The van der Waals surface area contributed by atoms with E-state index in [1.165, 1.54) is 5.01 Å². The molecule has 4 heteroatoms. The Labute approximate surface area is 138 Å². The van der Waals surface area contributed by atoms with Gasteiger partial charge in [0.1, 0.15) is 0 Å². The molecule has 0 atom stereocenters. The van der Waals surface area contributed by atoms with Crippen molar-refractivity contribution in [2.75, 3.05) is 5.01 Å². The molecule has 1 heterocycles.